The third kappa shape index (κ3) is 3.49. The Balaban J connectivity index is 2.18. The lowest BCUT2D eigenvalue weighted by molar-refractivity contribution is 0.390. The minimum Gasteiger partial charge on any atom is -0.316 e. The number of nitrogens with one attached hydrogen (secondary N) is 1. The van der Waals surface area contributed by atoms with E-state index in [1.54, 1.807) is 0 Å². The number of hydrogen-bond acceptors (Lipinski definition) is 1. The SMILES string of the molecule is CC(C)CNCC1(c2ccc(F)cc2Cl)CCCC1. The Hall–Kier alpha value is -0.600. The summed E-state index contributed by atoms with van der Waals surface area (Å²) < 4.78 is 13.2. The molecule has 0 amide bonds. The van der Waals surface area contributed by atoms with Crippen LogP contribution >= 0.6 is 11.6 Å². The molecule has 19 heavy (non-hydrogen) atoms. The van der Waals surface area contributed by atoms with Gasteiger partial charge in [0.1, 0.15) is 5.82 Å². The molecule has 1 aliphatic rings. The Labute approximate surface area is 120 Å². The zero-order valence-corrected chi connectivity index (χ0v) is 12.6. The molecule has 1 N–H and O–H groups in total. The van der Waals surface area contributed by atoms with Crippen LogP contribution in [0.5, 0.6) is 0 Å². The fourth-order valence-electron chi connectivity index (χ4n) is 3.11. The third-order valence-electron chi connectivity index (χ3n) is 4.08. The molecule has 0 saturated heterocycles. The summed E-state index contributed by atoms with van der Waals surface area (Å²) in [5.41, 5.74) is 1.21. The average molecular weight is 284 g/mol. The van der Waals surface area contributed by atoms with Gasteiger partial charge in [0.05, 0.1) is 0 Å². The second-order valence-electron chi connectivity index (χ2n) is 6.14. The molecule has 1 aromatic rings. The monoisotopic (exact) mass is 283 g/mol. The van der Waals surface area contributed by atoms with E-state index in [0.717, 1.165) is 31.5 Å². The zero-order chi connectivity index (χ0) is 13.9. The molecular formula is C16H23ClFN. The second kappa shape index (κ2) is 6.23. The molecule has 1 aromatic carbocycles. The zero-order valence-electron chi connectivity index (χ0n) is 11.8. The molecule has 0 bridgehead atoms. The van der Waals surface area contributed by atoms with Crippen molar-refractivity contribution in [2.24, 2.45) is 5.92 Å². The van der Waals surface area contributed by atoms with Gasteiger partial charge in [0.25, 0.3) is 0 Å². The fourth-order valence-corrected chi connectivity index (χ4v) is 3.48. The number of benzene rings is 1. The Morgan fingerprint density at radius 2 is 2.00 bits per heavy atom. The van der Waals surface area contributed by atoms with Crippen molar-refractivity contribution in [2.75, 3.05) is 13.1 Å². The molecular weight excluding hydrogens is 261 g/mol. The molecule has 0 radical (unpaired) electrons. The highest BCUT2D eigenvalue weighted by Gasteiger charge is 2.36. The second-order valence-corrected chi connectivity index (χ2v) is 6.54. The van der Waals surface area contributed by atoms with E-state index >= 15 is 0 Å². The third-order valence-corrected chi connectivity index (χ3v) is 4.39. The summed E-state index contributed by atoms with van der Waals surface area (Å²) in [5.74, 6) is 0.388. The van der Waals surface area contributed by atoms with Gasteiger partial charge in [0.2, 0.25) is 0 Å². The van der Waals surface area contributed by atoms with Crippen LogP contribution in [0, 0.1) is 11.7 Å². The van der Waals surface area contributed by atoms with Crippen molar-refractivity contribution in [1.82, 2.24) is 5.32 Å². The molecule has 106 valence electrons. The highest BCUT2D eigenvalue weighted by molar-refractivity contribution is 6.31. The summed E-state index contributed by atoms with van der Waals surface area (Å²) in [6, 6.07) is 4.85. The van der Waals surface area contributed by atoms with Gasteiger partial charge in [-0.05, 0) is 43.0 Å². The molecule has 0 atom stereocenters. The van der Waals surface area contributed by atoms with Crippen LogP contribution in [0.1, 0.15) is 45.1 Å². The van der Waals surface area contributed by atoms with E-state index in [-0.39, 0.29) is 11.2 Å². The van der Waals surface area contributed by atoms with Crippen molar-refractivity contribution in [2.45, 2.75) is 44.9 Å². The first kappa shape index (κ1) is 14.8. The van der Waals surface area contributed by atoms with Crippen LogP contribution in [0.4, 0.5) is 4.39 Å². The number of rotatable bonds is 5. The first-order valence-electron chi connectivity index (χ1n) is 7.20. The highest BCUT2D eigenvalue weighted by atomic mass is 35.5. The van der Waals surface area contributed by atoms with Crippen LogP contribution in [0.25, 0.3) is 0 Å². The smallest absolute Gasteiger partial charge is 0.124 e. The first-order valence-corrected chi connectivity index (χ1v) is 7.57. The van der Waals surface area contributed by atoms with Crippen LogP contribution in [-0.2, 0) is 5.41 Å². The maximum absolute atomic E-state index is 13.2. The molecule has 1 saturated carbocycles. The Morgan fingerprint density at radius 3 is 2.58 bits per heavy atom. The van der Waals surface area contributed by atoms with E-state index < -0.39 is 0 Å². The van der Waals surface area contributed by atoms with Gasteiger partial charge in [0.15, 0.2) is 0 Å². The molecule has 0 heterocycles. The van der Waals surface area contributed by atoms with Crippen molar-refractivity contribution in [3.63, 3.8) is 0 Å². The molecule has 0 unspecified atom stereocenters. The van der Waals surface area contributed by atoms with Gasteiger partial charge in [-0.15, -0.1) is 0 Å². The van der Waals surface area contributed by atoms with Gasteiger partial charge in [-0.3, -0.25) is 0 Å². The maximum Gasteiger partial charge on any atom is 0.124 e. The van der Waals surface area contributed by atoms with Crippen molar-refractivity contribution >= 4 is 11.6 Å². The average Bonchev–Trinajstić information content (AvgIpc) is 2.78. The largest absolute Gasteiger partial charge is 0.316 e. The molecule has 0 spiro atoms. The van der Waals surface area contributed by atoms with Crippen LogP contribution in [0.2, 0.25) is 5.02 Å². The molecule has 1 fully saturated rings. The van der Waals surface area contributed by atoms with Crippen LogP contribution in [0.3, 0.4) is 0 Å². The lowest BCUT2D eigenvalue weighted by Crippen LogP contribution is -2.37. The van der Waals surface area contributed by atoms with Gasteiger partial charge in [-0.25, -0.2) is 4.39 Å². The van der Waals surface area contributed by atoms with E-state index in [1.807, 2.05) is 6.07 Å². The van der Waals surface area contributed by atoms with Crippen molar-refractivity contribution in [3.05, 3.63) is 34.6 Å². The summed E-state index contributed by atoms with van der Waals surface area (Å²) in [7, 11) is 0. The van der Waals surface area contributed by atoms with Crippen molar-refractivity contribution in [1.29, 1.82) is 0 Å². The van der Waals surface area contributed by atoms with Gasteiger partial charge in [0, 0.05) is 17.0 Å². The summed E-state index contributed by atoms with van der Waals surface area (Å²) in [6.45, 7) is 6.37. The summed E-state index contributed by atoms with van der Waals surface area (Å²) in [6.07, 6.45) is 4.75. The first-order chi connectivity index (χ1) is 9.03. The summed E-state index contributed by atoms with van der Waals surface area (Å²) in [5, 5.41) is 4.13. The molecule has 3 heteroatoms. The van der Waals surface area contributed by atoms with E-state index in [1.165, 1.54) is 25.0 Å². The number of halogens is 2. The minimum absolute atomic E-state index is 0.0969. The van der Waals surface area contributed by atoms with Gasteiger partial charge < -0.3 is 5.32 Å². The van der Waals surface area contributed by atoms with Crippen LogP contribution in [0.15, 0.2) is 18.2 Å². The van der Waals surface area contributed by atoms with E-state index in [0.29, 0.717) is 10.9 Å². The summed E-state index contributed by atoms with van der Waals surface area (Å²) >= 11 is 6.27. The normalized spacial score (nSPS) is 18.2. The van der Waals surface area contributed by atoms with Gasteiger partial charge in [-0.2, -0.15) is 0 Å². The standard InChI is InChI=1S/C16H23ClFN/c1-12(2)10-19-11-16(7-3-4-8-16)14-6-5-13(18)9-15(14)17/h5-6,9,12,19H,3-4,7-8,10-11H2,1-2H3. The van der Waals surface area contributed by atoms with Crippen LogP contribution in [-0.4, -0.2) is 13.1 Å². The van der Waals surface area contributed by atoms with E-state index in [4.69, 9.17) is 11.6 Å². The lowest BCUT2D eigenvalue weighted by Gasteiger charge is -2.31. The Morgan fingerprint density at radius 1 is 1.32 bits per heavy atom. The van der Waals surface area contributed by atoms with Gasteiger partial charge in [-0.1, -0.05) is 44.4 Å². The summed E-state index contributed by atoms with van der Waals surface area (Å²) in [4.78, 5) is 0. The fraction of sp³-hybridized carbons (Fsp3) is 0.625. The molecule has 1 nitrogen and oxygen atoms in total. The van der Waals surface area contributed by atoms with Gasteiger partial charge >= 0.3 is 0 Å². The van der Waals surface area contributed by atoms with Crippen molar-refractivity contribution < 1.29 is 4.39 Å². The molecule has 2 rings (SSSR count). The predicted molar refractivity (Wildman–Crippen MR) is 79.3 cm³/mol. The van der Waals surface area contributed by atoms with E-state index in [9.17, 15) is 4.39 Å². The maximum atomic E-state index is 13.2. The number of hydrogen-bond donors (Lipinski definition) is 1. The van der Waals surface area contributed by atoms with Crippen LogP contribution < -0.4 is 5.32 Å². The molecule has 0 aromatic heterocycles. The predicted octanol–water partition coefficient (Wildman–Crippen LogP) is 4.54. The van der Waals surface area contributed by atoms with E-state index in [2.05, 4.69) is 19.2 Å². The lowest BCUT2D eigenvalue weighted by atomic mass is 9.78. The Kier molecular flexibility index (Phi) is 4.86. The topological polar surface area (TPSA) is 12.0 Å². The highest BCUT2D eigenvalue weighted by Crippen LogP contribution is 2.43. The molecule has 1 aliphatic carbocycles. The van der Waals surface area contributed by atoms with Crippen molar-refractivity contribution in [3.8, 4) is 0 Å². The quantitative estimate of drug-likeness (QED) is 0.837. The molecule has 0 aliphatic heterocycles. The Bertz CT molecular complexity index is 425. The minimum atomic E-state index is -0.253.